The van der Waals surface area contributed by atoms with Gasteiger partial charge in [0.25, 0.3) is 0 Å². The normalized spacial score (nSPS) is 17.0. The van der Waals surface area contributed by atoms with Crippen LogP contribution in [-0.4, -0.2) is 137 Å². The molecule has 0 aliphatic carbocycles. The van der Waals surface area contributed by atoms with Crippen molar-refractivity contribution in [3.05, 3.63) is 29.8 Å². The van der Waals surface area contributed by atoms with E-state index in [2.05, 4.69) is 5.32 Å². The molecule has 3 N–H and O–H groups in total. The molecule has 15 nitrogen and oxygen atoms in total. The van der Waals surface area contributed by atoms with Crippen molar-refractivity contribution in [2.75, 3.05) is 85.1 Å². The van der Waals surface area contributed by atoms with Crippen molar-refractivity contribution in [2.45, 2.75) is 11.3 Å². The van der Waals surface area contributed by atoms with Crippen LogP contribution in [0.3, 0.4) is 0 Å². The molecule has 2 rings (SSSR count). The zero-order valence-electron chi connectivity index (χ0n) is 22.5. The number of sulfonamides is 1. The fraction of sp³-hybridized carbons (Fsp3) is 0.583. The number of nitrogens with zero attached hydrogens (tertiary/aromatic N) is 4. The number of aliphatic carboxylic acids is 3. The van der Waals surface area contributed by atoms with E-state index < -0.39 is 27.9 Å². The fourth-order valence-electron chi connectivity index (χ4n) is 4.21. The van der Waals surface area contributed by atoms with E-state index in [9.17, 15) is 42.9 Å². The van der Waals surface area contributed by atoms with Crippen LogP contribution in [0, 0.1) is 39.9 Å². The average molecular weight is 741 g/mol. The number of nitrogens with two attached hydrogens (primary N) is 1. The predicted molar refractivity (Wildman–Crippen MR) is 135 cm³/mol. The van der Waals surface area contributed by atoms with E-state index in [1.54, 1.807) is 31.7 Å². The zero-order chi connectivity index (χ0) is 29.7. The second-order valence-corrected chi connectivity index (χ2v) is 11.1. The largest absolute Gasteiger partial charge is 3.00 e. The van der Waals surface area contributed by atoms with E-state index in [1.165, 1.54) is 12.1 Å². The average Bonchev–Trinajstić information content (AvgIpc) is 2.84. The molecule has 17 heteroatoms. The minimum absolute atomic E-state index is 0. The molecule has 1 aliphatic heterocycles. The van der Waals surface area contributed by atoms with E-state index >= 15 is 0 Å². The number of rotatable bonds is 12. The molecule has 229 valence electrons. The van der Waals surface area contributed by atoms with E-state index in [4.69, 9.17) is 5.14 Å². The first-order chi connectivity index (χ1) is 18.8. The van der Waals surface area contributed by atoms with Crippen molar-refractivity contribution in [3.63, 3.8) is 0 Å². The smallest absolute Gasteiger partial charge is 0.549 e. The van der Waals surface area contributed by atoms with Gasteiger partial charge in [0.2, 0.25) is 15.9 Å². The first kappa shape index (κ1) is 37.2. The summed E-state index contributed by atoms with van der Waals surface area (Å²) >= 11 is 0. The Morgan fingerprint density at radius 3 is 1.34 bits per heavy atom. The van der Waals surface area contributed by atoms with Gasteiger partial charge in [0, 0.05) is 78.5 Å². The number of carbonyl (C=O) groups is 4. The van der Waals surface area contributed by atoms with Crippen molar-refractivity contribution in [1.29, 1.82) is 0 Å². The van der Waals surface area contributed by atoms with Crippen LogP contribution in [0.4, 0.5) is 0 Å². The molecule has 1 aromatic carbocycles. The molecule has 41 heavy (non-hydrogen) atoms. The molecule has 1 radical (unpaired) electrons. The maximum Gasteiger partial charge on any atom is 3.00 e. The van der Waals surface area contributed by atoms with E-state index in [-0.39, 0.29) is 136 Å². The van der Waals surface area contributed by atoms with Crippen molar-refractivity contribution in [2.24, 2.45) is 5.14 Å². The van der Waals surface area contributed by atoms with Gasteiger partial charge in [-0.2, -0.15) is 0 Å². The van der Waals surface area contributed by atoms with Gasteiger partial charge in [-0.25, -0.2) is 13.6 Å². The maximum atomic E-state index is 12.7. The van der Waals surface area contributed by atoms with E-state index in [0.717, 1.165) is 5.56 Å². The third-order valence-electron chi connectivity index (χ3n) is 6.34. The first-order valence-electron chi connectivity index (χ1n) is 12.7. The summed E-state index contributed by atoms with van der Waals surface area (Å²) in [7, 11) is -3.80. The number of primary sulfonamides is 1. The van der Waals surface area contributed by atoms with Gasteiger partial charge in [0.05, 0.1) is 29.3 Å². The van der Waals surface area contributed by atoms with Crippen LogP contribution in [0.25, 0.3) is 0 Å². The summed E-state index contributed by atoms with van der Waals surface area (Å²) in [6.45, 7) is 1.03. The minimum atomic E-state index is -3.80. The molecule has 0 saturated carbocycles. The SMILES string of the molecule is NS(=O)(=O)c1ccc(CCNC(=O)CN2CCN(CC(=O)[O-])CCN(CC(=O)[O-])CCN(CC(=O)[O-])CC2)cc1.[Gd+3]. The van der Waals surface area contributed by atoms with Gasteiger partial charge in [0.1, 0.15) is 0 Å². The van der Waals surface area contributed by atoms with Crippen LogP contribution in [0.15, 0.2) is 29.2 Å². The van der Waals surface area contributed by atoms with Crippen molar-refractivity contribution < 1.29 is 82.9 Å². The van der Waals surface area contributed by atoms with Gasteiger partial charge in [0.15, 0.2) is 0 Å². The zero-order valence-corrected chi connectivity index (χ0v) is 25.6. The Labute approximate surface area is 271 Å². The summed E-state index contributed by atoms with van der Waals surface area (Å²) in [4.78, 5) is 52.8. The molecule has 1 saturated heterocycles. The maximum absolute atomic E-state index is 12.7. The molecule has 0 unspecified atom stereocenters. The second kappa shape index (κ2) is 18.7. The number of hydrogen-bond donors (Lipinski definition) is 2. The van der Waals surface area contributed by atoms with Crippen molar-refractivity contribution in [1.82, 2.24) is 24.9 Å². The Hall–Kier alpha value is -1.83. The molecule has 0 atom stereocenters. The summed E-state index contributed by atoms with van der Waals surface area (Å²) in [5.41, 5.74) is 0.794. The van der Waals surface area contributed by atoms with Crippen LogP contribution in [-0.2, 0) is 35.6 Å². The first-order valence-corrected chi connectivity index (χ1v) is 14.2. The van der Waals surface area contributed by atoms with Gasteiger partial charge in [-0.15, -0.1) is 0 Å². The second-order valence-electron chi connectivity index (χ2n) is 9.51. The molecule has 0 bridgehead atoms. The quantitative estimate of drug-likeness (QED) is 0.204. The Morgan fingerprint density at radius 1 is 0.683 bits per heavy atom. The van der Waals surface area contributed by atoms with Crippen LogP contribution in [0.1, 0.15) is 5.56 Å². The molecular formula is C24H35GdN6O9S. The predicted octanol–water partition coefficient (Wildman–Crippen LogP) is -6.54. The monoisotopic (exact) mass is 741 g/mol. The number of nitrogens with one attached hydrogen (secondary N) is 1. The van der Waals surface area contributed by atoms with Crippen molar-refractivity contribution in [3.8, 4) is 0 Å². The Morgan fingerprint density at radius 2 is 1.02 bits per heavy atom. The number of hydrogen-bond acceptors (Lipinski definition) is 13. The summed E-state index contributed by atoms with van der Waals surface area (Å²) < 4.78 is 22.8. The Bertz CT molecular complexity index is 1090. The number of carboxylic acid groups (broad SMARTS) is 3. The molecule has 1 heterocycles. The minimum Gasteiger partial charge on any atom is -0.549 e. The molecule has 1 amide bonds. The molecule has 1 aromatic rings. The molecule has 0 aromatic heterocycles. The van der Waals surface area contributed by atoms with Gasteiger partial charge < -0.3 is 35.0 Å². The van der Waals surface area contributed by atoms with E-state index in [1.807, 2.05) is 0 Å². The van der Waals surface area contributed by atoms with Crippen molar-refractivity contribution >= 4 is 33.8 Å². The molecule has 0 spiro atoms. The summed E-state index contributed by atoms with van der Waals surface area (Å²) in [6.07, 6.45) is 0.442. The van der Waals surface area contributed by atoms with Crippen LogP contribution < -0.4 is 25.8 Å². The molecule has 1 fully saturated rings. The number of amides is 1. The molecular weight excluding hydrogens is 706 g/mol. The van der Waals surface area contributed by atoms with E-state index in [0.29, 0.717) is 6.42 Å². The van der Waals surface area contributed by atoms with Gasteiger partial charge >= 0.3 is 39.9 Å². The number of benzene rings is 1. The van der Waals surface area contributed by atoms with Crippen LogP contribution >= 0.6 is 0 Å². The fourth-order valence-corrected chi connectivity index (χ4v) is 4.73. The van der Waals surface area contributed by atoms with Gasteiger partial charge in [-0.3, -0.25) is 24.4 Å². The third kappa shape index (κ3) is 15.8. The standard InChI is InChI=1S/C24H38N6O9S.Gd/c25-40(38,39)20-3-1-19(2-4-20)5-6-26-21(31)15-27-7-9-28(16-22(32)33)11-13-30(18-24(36)37)14-12-29(10-8-27)17-23(34)35;/h1-4H,5-18H2,(H,26,31)(H,32,33)(H,34,35)(H,36,37)(H2,25,38,39);/q;+3/p-3. The van der Waals surface area contributed by atoms with Gasteiger partial charge in [-0.05, 0) is 24.1 Å². The third-order valence-corrected chi connectivity index (χ3v) is 7.27. The number of carbonyl (C=O) groups excluding carboxylic acids is 4. The summed E-state index contributed by atoms with van der Waals surface area (Å²) in [6, 6.07) is 5.98. The summed E-state index contributed by atoms with van der Waals surface area (Å²) in [5.74, 6) is -4.19. The Kier molecular flexibility index (Phi) is 16.9. The molecule has 1 aliphatic rings. The summed E-state index contributed by atoms with van der Waals surface area (Å²) in [5, 5.41) is 41.6. The van der Waals surface area contributed by atoms with Gasteiger partial charge in [-0.1, -0.05) is 12.1 Å². The van der Waals surface area contributed by atoms with Crippen LogP contribution in [0.2, 0.25) is 0 Å². The van der Waals surface area contributed by atoms with Crippen LogP contribution in [0.5, 0.6) is 0 Å². The Balaban J connectivity index is 0.00000840. The number of carboxylic acids is 3. The topological polar surface area (TPSA) is 223 Å².